The molecule has 4 aromatic heterocycles. The lowest BCUT2D eigenvalue weighted by Crippen LogP contribution is -2.37. The van der Waals surface area contributed by atoms with Crippen LogP contribution >= 0.6 is 11.6 Å². The van der Waals surface area contributed by atoms with Crippen molar-refractivity contribution >= 4 is 39.7 Å². The molecule has 0 saturated carbocycles. The highest BCUT2D eigenvalue weighted by molar-refractivity contribution is 6.28. The average Bonchev–Trinajstić information content (AvgIpc) is 3.60. The van der Waals surface area contributed by atoms with E-state index in [1.165, 1.54) is 12.1 Å². The molecule has 2 aromatic carbocycles. The lowest BCUT2D eigenvalue weighted by molar-refractivity contribution is 0.0369. The monoisotopic (exact) mass is 712 g/mol. The Kier molecular flexibility index (Phi) is 8.86. The number of carbonyl (C=O) groups excluding carboxylic acids is 1. The first-order valence-corrected chi connectivity index (χ1v) is 17.4. The fourth-order valence-electron chi connectivity index (χ4n) is 7.35. The molecule has 1 saturated heterocycles. The molecule has 0 N–H and O–H groups in total. The van der Waals surface area contributed by atoms with Gasteiger partial charge < -0.3 is 14.2 Å². The van der Waals surface area contributed by atoms with Gasteiger partial charge in [-0.05, 0) is 79.4 Å². The molecule has 1 amide bonds. The Bertz CT molecular complexity index is 2350. The van der Waals surface area contributed by atoms with E-state index >= 15 is 0 Å². The zero-order chi connectivity index (χ0) is 35.2. The molecule has 0 unspecified atom stereocenters. The first kappa shape index (κ1) is 33.2. The summed E-state index contributed by atoms with van der Waals surface area (Å²) in [5.41, 5.74) is 5.35. The molecule has 0 radical (unpaired) electrons. The average molecular weight is 713 g/mol. The summed E-state index contributed by atoms with van der Waals surface area (Å²) in [6.07, 6.45) is 3.03. The van der Waals surface area contributed by atoms with Crippen LogP contribution in [0.2, 0.25) is 5.28 Å². The minimum atomic E-state index is -0.639. The fourth-order valence-corrected chi connectivity index (χ4v) is 7.56. The van der Waals surface area contributed by atoms with Crippen molar-refractivity contribution in [2.24, 2.45) is 0 Å². The Morgan fingerprint density at radius 2 is 1.76 bits per heavy atom. The van der Waals surface area contributed by atoms with Crippen LogP contribution in [-0.4, -0.2) is 83.8 Å². The number of hydrogen-bond acceptors (Lipinski definition) is 7. The zero-order valence-electron chi connectivity index (χ0n) is 28.0. The Labute approximate surface area is 296 Å². The lowest BCUT2D eigenvalue weighted by atomic mass is 10.0. The van der Waals surface area contributed by atoms with Crippen LogP contribution in [0.15, 0.2) is 65.6 Å². The van der Waals surface area contributed by atoms with Crippen molar-refractivity contribution < 1.29 is 18.3 Å². The van der Waals surface area contributed by atoms with E-state index in [0.717, 1.165) is 48.8 Å². The van der Waals surface area contributed by atoms with E-state index in [2.05, 4.69) is 19.9 Å². The van der Waals surface area contributed by atoms with Gasteiger partial charge in [0.1, 0.15) is 22.8 Å². The van der Waals surface area contributed by atoms with Crippen LogP contribution in [0.4, 0.5) is 8.78 Å². The number of benzene rings is 2. The largest absolute Gasteiger partial charge is 0.379 e. The van der Waals surface area contributed by atoms with Crippen molar-refractivity contribution in [3.05, 3.63) is 116 Å². The standard InChI is InChI=1S/C37H35ClF2N8O3/c1-23-32-34(43-36(38)42-23)46(14-3-13-44-16-18-51-19-17-44)37(50)48(32)27-9-6-24(7-10-27)35(49)45-15-11-28-29-4-2-12-41-33(29)47(31(28)22-45)21-25-5-8-26(39)20-30(25)40/h2,4-10,12,20H,3,11,13-19,21-22H2,1H3. The molecular formula is C37H35ClF2N8O3. The summed E-state index contributed by atoms with van der Waals surface area (Å²) in [6, 6.07) is 14.4. The first-order valence-electron chi connectivity index (χ1n) is 17.0. The third kappa shape index (κ3) is 6.19. The van der Waals surface area contributed by atoms with E-state index in [4.69, 9.17) is 16.3 Å². The van der Waals surface area contributed by atoms with Gasteiger partial charge in [0.25, 0.3) is 5.91 Å². The molecule has 0 bridgehead atoms. The minimum Gasteiger partial charge on any atom is -0.379 e. The van der Waals surface area contributed by atoms with Crippen LogP contribution in [0.3, 0.4) is 0 Å². The number of aryl methyl sites for hydroxylation is 2. The minimum absolute atomic E-state index is 0.0716. The summed E-state index contributed by atoms with van der Waals surface area (Å²) in [7, 11) is 0. The molecule has 262 valence electrons. The van der Waals surface area contributed by atoms with Crippen molar-refractivity contribution in [2.75, 3.05) is 39.4 Å². The van der Waals surface area contributed by atoms with E-state index in [0.29, 0.717) is 78.6 Å². The predicted octanol–water partition coefficient (Wildman–Crippen LogP) is 5.14. The Morgan fingerprint density at radius 1 is 0.961 bits per heavy atom. The Morgan fingerprint density at radius 3 is 2.55 bits per heavy atom. The maximum atomic E-state index is 14.8. The molecule has 51 heavy (non-hydrogen) atoms. The van der Waals surface area contributed by atoms with Gasteiger partial charge in [-0.1, -0.05) is 6.07 Å². The molecule has 0 atom stereocenters. The van der Waals surface area contributed by atoms with E-state index in [-0.39, 0.29) is 23.4 Å². The van der Waals surface area contributed by atoms with Crippen molar-refractivity contribution in [2.45, 2.75) is 39.4 Å². The molecule has 0 spiro atoms. The lowest BCUT2D eigenvalue weighted by Gasteiger charge is -2.29. The van der Waals surface area contributed by atoms with Crippen LogP contribution in [0.1, 0.15) is 39.3 Å². The Balaban J connectivity index is 1.07. The highest BCUT2D eigenvalue weighted by Crippen LogP contribution is 2.32. The first-order chi connectivity index (χ1) is 24.8. The number of aromatic nitrogens is 6. The summed E-state index contributed by atoms with van der Waals surface area (Å²) in [5, 5.41) is 1.03. The number of halogens is 3. The van der Waals surface area contributed by atoms with Crippen molar-refractivity contribution in [1.82, 2.24) is 38.5 Å². The maximum absolute atomic E-state index is 14.8. The van der Waals surface area contributed by atoms with Crippen molar-refractivity contribution in [3.8, 4) is 5.69 Å². The number of morpholine rings is 1. The van der Waals surface area contributed by atoms with Crippen LogP contribution in [-0.2, 0) is 30.8 Å². The van der Waals surface area contributed by atoms with Crippen molar-refractivity contribution in [3.63, 3.8) is 0 Å². The summed E-state index contributed by atoms with van der Waals surface area (Å²) in [6.45, 7) is 7.16. The quantitative estimate of drug-likeness (QED) is 0.202. The summed E-state index contributed by atoms with van der Waals surface area (Å²) >= 11 is 6.26. The maximum Gasteiger partial charge on any atom is 0.335 e. The van der Waals surface area contributed by atoms with E-state index in [1.807, 2.05) is 16.7 Å². The fraction of sp³-hybridized carbons (Fsp3) is 0.324. The predicted molar refractivity (Wildman–Crippen MR) is 188 cm³/mol. The van der Waals surface area contributed by atoms with Gasteiger partial charge in [0.2, 0.25) is 5.28 Å². The zero-order valence-corrected chi connectivity index (χ0v) is 28.7. The highest BCUT2D eigenvalue weighted by Gasteiger charge is 2.29. The second-order valence-electron chi connectivity index (χ2n) is 13.0. The van der Waals surface area contributed by atoms with Crippen LogP contribution < -0.4 is 5.69 Å². The van der Waals surface area contributed by atoms with Gasteiger partial charge in [-0.2, -0.15) is 4.98 Å². The SMILES string of the molecule is Cc1nc(Cl)nc2c1n(-c1ccc(C(=O)N3CCc4c(n(Cc5ccc(F)cc5F)c5ncccc45)C3)cc1)c(=O)n2CCCN1CCOCC1. The molecule has 1 fully saturated rings. The molecule has 8 rings (SSSR count). The summed E-state index contributed by atoms with van der Waals surface area (Å²) in [5.74, 6) is -1.45. The smallest absolute Gasteiger partial charge is 0.335 e. The second kappa shape index (κ2) is 13.6. The molecular weight excluding hydrogens is 678 g/mol. The molecule has 6 aromatic rings. The molecule has 2 aliphatic rings. The van der Waals surface area contributed by atoms with Gasteiger partial charge in [-0.25, -0.2) is 23.5 Å². The molecule has 14 heteroatoms. The van der Waals surface area contributed by atoms with E-state index < -0.39 is 11.6 Å². The number of nitrogens with zero attached hydrogens (tertiary/aromatic N) is 8. The number of rotatable bonds is 8. The summed E-state index contributed by atoms with van der Waals surface area (Å²) in [4.78, 5) is 45.3. The number of fused-ring (bicyclic) bond motifs is 4. The van der Waals surface area contributed by atoms with E-state index in [1.54, 1.807) is 51.4 Å². The summed E-state index contributed by atoms with van der Waals surface area (Å²) < 4.78 is 39.0. The Hall–Kier alpha value is -4.98. The molecule has 6 heterocycles. The number of amides is 1. The number of carbonyl (C=O) groups is 1. The topological polar surface area (TPSA) is 103 Å². The highest BCUT2D eigenvalue weighted by atomic mass is 35.5. The third-order valence-corrected chi connectivity index (χ3v) is 10.1. The van der Waals surface area contributed by atoms with Crippen molar-refractivity contribution in [1.29, 1.82) is 0 Å². The number of hydrogen-bond donors (Lipinski definition) is 0. The second-order valence-corrected chi connectivity index (χ2v) is 13.3. The number of ether oxygens (including phenoxy) is 1. The van der Waals surface area contributed by atoms with E-state index in [9.17, 15) is 18.4 Å². The van der Waals surface area contributed by atoms with Gasteiger partial charge in [-0.3, -0.25) is 18.8 Å². The van der Waals surface area contributed by atoms with Gasteiger partial charge in [0, 0.05) is 67.2 Å². The number of imidazole rings is 1. The van der Waals surface area contributed by atoms with Crippen LogP contribution in [0, 0.1) is 18.6 Å². The van der Waals surface area contributed by atoms with Crippen LogP contribution in [0.25, 0.3) is 27.9 Å². The van der Waals surface area contributed by atoms with Crippen LogP contribution in [0.5, 0.6) is 0 Å². The van der Waals surface area contributed by atoms with Gasteiger partial charge >= 0.3 is 5.69 Å². The van der Waals surface area contributed by atoms with Gasteiger partial charge in [0.05, 0.1) is 37.7 Å². The van der Waals surface area contributed by atoms with Gasteiger partial charge in [-0.15, -0.1) is 0 Å². The number of pyridine rings is 1. The molecule has 0 aliphatic carbocycles. The molecule has 2 aliphatic heterocycles. The normalized spacial score (nSPS) is 15.2. The third-order valence-electron chi connectivity index (χ3n) is 9.89. The van der Waals surface area contributed by atoms with Gasteiger partial charge in [0.15, 0.2) is 5.65 Å². The molecule has 11 nitrogen and oxygen atoms in total.